The van der Waals surface area contributed by atoms with Crippen molar-refractivity contribution in [2.45, 2.75) is 503 Å². The van der Waals surface area contributed by atoms with Crippen LogP contribution < -0.4 is 0 Å². The van der Waals surface area contributed by atoms with Crippen LogP contribution in [0.3, 0.4) is 0 Å². The third kappa shape index (κ3) is 83.8. The Bertz CT molecular complexity index is 2080. The highest BCUT2D eigenvalue weighted by molar-refractivity contribution is 7.47. The van der Waals surface area contributed by atoms with Crippen LogP contribution in [0.4, 0.5) is 0 Å². The zero-order valence-corrected chi connectivity index (χ0v) is 73.7. The molecule has 17 nitrogen and oxygen atoms in total. The summed E-state index contributed by atoms with van der Waals surface area (Å²) in [7, 11) is -9.93. The number of ether oxygens (including phenoxy) is 4. The van der Waals surface area contributed by atoms with Crippen molar-refractivity contribution in [2.75, 3.05) is 39.6 Å². The Morgan fingerprint density at radius 2 is 0.422 bits per heavy atom. The second kappa shape index (κ2) is 81.2. The number of carbonyl (C=O) groups excluding carboxylic acids is 4. The zero-order chi connectivity index (χ0) is 79.9. The predicted octanol–water partition coefficient (Wildman–Crippen LogP) is 27.8. The molecule has 0 aliphatic heterocycles. The van der Waals surface area contributed by atoms with E-state index in [-0.39, 0.29) is 25.7 Å². The van der Waals surface area contributed by atoms with E-state index in [0.29, 0.717) is 25.7 Å². The Kier molecular flexibility index (Phi) is 79.8. The molecule has 0 spiro atoms. The monoisotopic (exact) mass is 1590 g/mol. The van der Waals surface area contributed by atoms with E-state index in [0.717, 1.165) is 102 Å². The summed E-state index contributed by atoms with van der Waals surface area (Å²) in [5.74, 6) is -0.597. The number of esters is 4. The van der Waals surface area contributed by atoms with E-state index in [4.69, 9.17) is 37.0 Å². The van der Waals surface area contributed by atoms with Crippen molar-refractivity contribution in [1.29, 1.82) is 0 Å². The fourth-order valence-corrected chi connectivity index (χ4v) is 15.7. The average molecular weight is 1590 g/mol. The van der Waals surface area contributed by atoms with Crippen molar-refractivity contribution in [3.8, 4) is 0 Å². The standard InChI is InChI=1S/C90H176O17P2/c1-7-9-11-13-15-17-19-21-23-25-27-29-31-33-35-37-39-44-48-56-62-68-74-89(94)106-85(78-100-87(92)72-66-60-54-47-43-38-36-34-32-30-28-26-24-22-20-18-16-14-12-10-8-2)80-104-108(96,97)102-76-84(91)77-103-109(98,99)105-81-86(79-101-88(93)73-67-61-55-51-50-53-59-65-71-83(5)6)107-90(95)75-69-63-57-49-45-41-40-42-46-52-58-64-70-82(3)4/h82-86,91H,7-81H2,1-6H3,(H,96,97)(H,98,99)/t84-,85-,86-/m1/s1. The topological polar surface area (TPSA) is 237 Å². The smallest absolute Gasteiger partial charge is 0.462 e. The molecule has 648 valence electrons. The van der Waals surface area contributed by atoms with E-state index in [1.165, 1.54) is 302 Å². The number of aliphatic hydroxyl groups excluding tert-OH is 1. The van der Waals surface area contributed by atoms with Gasteiger partial charge in [-0.2, -0.15) is 0 Å². The fraction of sp³-hybridized carbons (Fsp3) is 0.956. The normalized spacial score (nSPS) is 13.8. The van der Waals surface area contributed by atoms with Crippen molar-refractivity contribution < 1.29 is 80.2 Å². The van der Waals surface area contributed by atoms with Crippen LogP contribution >= 0.6 is 15.6 Å². The molecule has 0 heterocycles. The minimum Gasteiger partial charge on any atom is -0.462 e. The third-order valence-electron chi connectivity index (χ3n) is 21.2. The number of hydrogen-bond acceptors (Lipinski definition) is 15. The van der Waals surface area contributed by atoms with Gasteiger partial charge in [-0.3, -0.25) is 37.3 Å². The summed E-state index contributed by atoms with van der Waals surface area (Å²) in [5, 5.41) is 10.7. The van der Waals surface area contributed by atoms with Gasteiger partial charge < -0.3 is 33.8 Å². The van der Waals surface area contributed by atoms with Crippen LogP contribution in [0.5, 0.6) is 0 Å². The molecule has 0 saturated heterocycles. The minimum absolute atomic E-state index is 0.107. The summed E-state index contributed by atoms with van der Waals surface area (Å²) in [6.45, 7) is 9.66. The lowest BCUT2D eigenvalue weighted by Crippen LogP contribution is -2.30. The summed E-state index contributed by atoms with van der Waals surface area (Å²) in [4.78, 5) is 73.3. The first-order valence-electron chi connectivity index (χ1n) is 46.5. The van der Waals surface area contributed by atoms with Crippen molar-refractivity contribution in [3.63, 3.8) is 0 Å². The lowest BCUT2D eigenvalue weighted by molar-refractivity contribution is -0.161. The molecular formula is C90H176O17P2. The molecule has 0 aromatic rings. The Labute approximate surface area is 670 Å². The molecule has 2 unspecified atom stereocenters. The van der Waals surface area contributed by atoms with Crippen LogP contribution in [0.25, 0.3) is 0 Å². The second-order valence-corrected chi connectivity index (χ2v) is 36.2. The van der Waals surface area contributed by atoms with Crippen molar-refractivity contribution in [2.24, 2.45) is 11.8 Å². The molecule has 0 fully saturated rings. The van der Waals surface area contributed by atoms with Crippen LogP contribution in [0, 0.1) is 11.8 Å². The van der Waals surface area contributed by atoms with Crippen LogP contribution in [0.15, 0.2) is 0 Å². The SMILES string of the molecule is CCCCCCCCCCCCCCCCCCCCCCCCC(=O)O[C@H](COC(=O)CCCCCCCCCCCCCCCCCCCCCCC)COP(=O)(O)OC[C@@H](O)COP(=O)(O)OC[C@@H](COC(=O)CCCCCCCCCCC(C)C)OC(=O)CCCCCCCCCCCCCCC(C)C. The van der Waals surface area contributed by atoms with E-state index >= 15 is 0 Å². The number of phosphoric ester groups is 2. The summed E-state index contributed by atoms with van der Waals surface area (Å²) in [5.41, 5.74) is 0. The van der Waals surface area contributed by atoms with Gasteiger partial charge in [0.25, 0.3) is 0 Å². The van der Waals surface area contributed by atoms with Crippen molar-refractivity contribution >= 4 is 39.5 Å². The highest BCUT2D eigenvalue weighted by Crippen LogP contribution is 2.45. The van der Waals surface area contributed by atoms with Gasteiger partial charge in [0, 0.05) is 25.7 Å². The van der Waals surface area contributed by atoms with Crippen LogP contribution in [-0.4, -0.2) is 96.7 Å². The highest BCUT2D eigenvalue weighted by Gasteiger charge is 2.31. The summed E-state index contributed by atoms with van der Waals surface area (Å²) >= 11 is 0. The maximum absolute atomic E-state index is 13.2. The molecule has 0 saturated carbocycles. The molecule has 0 aromatic heterocycles. The second-order valence-electron chi connectivity index (χ2n) is 33.3. The minimum atomic E-state index is -4.97. The maximum Gasteiger partial charge on any atom is 0.472 e. The third-order valence-corrected chi connectivity index (χ3v) is 23.1. The van der Waals surface area contributed by atoms with E-state index in [1.807, 2.05) is 0 Å². The molecule has 0 amide bonds. The summed E-state index contributed by atoms with van der Waals surface area (Å²) in [6.07, 6.45) is 75.3. The van der Waals surface area contributed by atoms with Gasteiger partial charge in [0.15, 0.2) is 12.2 Å². The molecule has 109 heavy (non-hydrogen) atoms. The van der Waals surface area contributed by atoms with Gasteiger partial charge in [0.2, 0.25) is 0 Å². The van der Waals surface area contributed by atoms with Gasteiger partial charge in [0.05, 0.1) is 26.4 Å². The Balaban J connectivity index is 5.22. The Morgan fingerprint density at radius 3 is 0.624 bits per heavy atom. The Morgan fingerprint density at radius 1 is 0.248 bits per heavy atom. The van der Waals surface area contributed by atoms with Gasteiger partial charge in [-0.15, -0.1) is 0 Å². The number of phosphoric acid groups is 2. The number of carbonyl (C=O) groups is 4. The summed E-state index contributed by atoms with van der Waals surface area (Å²) < 4.78 is 69.0. The van der Waals surface area contributed by atoms with Gasteiger partial charge in [-0.1, -0.05) is 433 Å². The molecule has 3 N–H and O–H groups in total. The molecule has 19 heteroatoms. The first kappa shape index (κ1) is 107. The van der Waals surface area contributed by atoms with E-state index in [9.17, 15) is 43.2 Å². The van der Waals surface area contributed by atoms with Crippen LogP contribution in [0.2, 0.25) is 0 Å². The van der Waals surface area contributed by atoms with Gasteiger partial charge in [-0.25, -0.2) is 9.13 Å². The van der Waals surface area contributed by atoms with Gasteiger partial charge in [0.1, 0.15) is 19.3 Å². The van der Waals surface area contributed by atoms with E-state index in [2.05, 4.69) is 41.5 Å². The molecule has 0 aromatic carbocycles. The quantitative estimate of drug-likeness (QED) is 0.0222. The number of hydrogen-bond donors (Lipinski definition) is 3. The van der Waals surface area contributed by atoms with E-state index in [1.54, 1.807) is 0 Å². The largest absolute Gasteiger partial charge is 0.472 e. The molecule has 0 radical (unpaired) electrons. The highest BCUT2D eigenvalue weighted by atomic mass is 31.2. The maximum atomic E-state index is 13.2. The molecule has 0 aliphatic rings. The van der Waals surface area contributed by atoms with Gasteiger partial charge in [-0.05, 0) is 37.5 Å². The van der Waals surface area contributed by atoms with Crippen LogP contribution in [0.1, 0.15) is 485 Å². The van der Waals surface area contributed by atoms with Crippen molar-refractivity contribution in [3.05, 3.63) is 0 Å². The average Bonchev–Trinajstić information content (AvgIpc) is 0.900. The Hall–Kier alpha value is -1.94. The first-order chi connectivity index (χ1) is 52.9. The van der Waals surface area contributed by atoms with Crippen molar-refractivity contribution in [1.82, 2.24) is 0 Å². The molecule has 0 rings (SSSR count). The number of rotatable bonds is 89. The molecular weight excluding hydrogens is 1410 g/mol. The number of unbranched alkanes of at least 4 members (excludes halogenated alkanes) is 59. The lowest BCUT2D eigenvalue weighted by Gasteiger charge is -2.21. The molecule has 5 atom stereocenters. The fourth-order valence-electron chi connectivity index (χ4n) is 14.1. The first-order valence-corrected chi connectivity index (χ1v) is 49.5. The number of aliphatic hydroxyl groups is 1. The summed E-state index contributed by atoms with van der Waals surface area (Å²) in [6, 6.07) is 0. The predicted molar refractivity (Wildman–Crippen MR) is 451 cm³/mol. The zero-order valence-electron chi connectivity index (χ0n) is 71.9. The molecule has 0 aliphatic carbocycles. The van der Waals surface area contributed by atoms with Crippen LogP contribution in [-0.2, 0) is 65.4 Å². The van der Waals surface area contributed by atoms with Gasteiger partial charge >= 0.3 is 39.5 Å². The molecule has 0 bridgehead atoms. The van der Waals surface area contributed by atoms with E-state index < -0.39 is 97.5 Å². The lowest BCUT2D eigenvalue weighted by atomic mass is 10.0.